The van der Waals surface area contributed by atoms with E-state index >= 15 is 0 Å². The summed E-state index contributed by atoms with van der Waals surface area (Å²) in [4.78, 5) is 13.4. The summed E-state index contributed by atoms with van der Waals surface area (Å²) >= 11 is 0. The van der Waals surface area contributed by atoms with E-state index in [1.54, 1.807) is 0 Å². The summed E-state index contributed by atoms with van der Waals surface area (Å²) in [6, 6.07) is 18.6. The van der Waals surface area contributed by atoms with Gasteiger partial charge in [-0.05, 0) is 11.1 Å². The van der Waals surface area contributed by atoms with Crippen molar-refractivity contribution in [3.8, 4) is 0 Å². The molecule has 3 rings (SSSR count). The molecule has 1 unspecified atom stereocenters. The monoisotopic (exact) mass is 281 g/mol. The first kappa shape index (κ1) is 13.8. The molecule has 2 aromatic rings. The lowest BCUT2D eigenvalue weighted by molar-refractivity contribution is -0.908. The van der Waals surface area contributed by atoms with E-state index < -0.39 is 0 Å². The predicted octanol–water partition coefficient (Wildman–Crippen LogP) is 0.944. The van der Waals surface area contributed by atoms with Gasteiger partial charge in [0.2, 0.25) is 0 Å². The van der Waals surface area contributed by atoms with Crippen LogP contribution in [0.15, 0.2) is 54.6 Å². The Morgan fingerprint density at radius 2 is 1.71 bits per heavy atom. The Morgan fingerprint density at radius 1 is 1.00 bits per heavy atom. The van der Waals surface area contributed by atoms with Gasteiger partial charge in [-0.15, -0.1) is 0 Å². The molecule has 0 fully saturated rings. The van der Waals surface area contributed by atoms with Crippen LogP contribution < -0.4 is 10.2 Å². The highest BCUT2D eigenvalue weighted by Gasteiger charge is 2.21. The van der Waals surface area contributed by atoms with Gasteiger partial charge in [-0.3, -0.25) is 4.79 Å². The molecular weight excluding hydrogens is 260 g/mol. The van der Waals surface area contributed by atoms with Crippen LogP contribution in [0.25, 0.3) is 0 Å². The molecule has 1 aliphatic heterocycles. The fourth-order valence-electron chi connectivity index (χ4n) is 2.88. The lowest BCUT2D eigenvalue weighted by Crippen LogP contribution is -3.12. The third-order valence-corrected chi connectivity index (χ3v) is 4.05. The number of carbonyl (C=O) groups is 1. The van der Waals surface area contributed by atoms with Crippen molar-refractivity contribution in [2.75, 3.05) is 13.1 Å². The molecule has 0 radical (unpaired) electrons. The number of fused-ring (bicyclic) bond motifs is 1. The van der Waals surface area contributed by atoms with Gasteiger partial charge in [-0.1, -0.05) is 54.6 Å². The molecule has 1 atom stereocenters. The van der Waals surface area contributed by atoms with E-state index in [2.05, 4.69) is 29.6 Å². The number of benzene rings is 2. The highest BCUT2D eigenvalue weighted by atomic mass is 16.2. The third-order valence-electron chi connectivity index (χ3n) is 4.05. The van der Waals surface area contributed by atoms with Crippen molar-refractivity contribution < 1.29 is 9.69 Å². The zero-order chi connectivity index (χ0) is 14.5. The largest absolute Gasteiger partial charge is 0.347 e. The first-order valence-electron chi connectivity index (χ1n) is 7.52. The van der Waals surface area contributed by atoms with Crippen molar-refractivity contribution >= 4 is 5.91 Å². The molecular formula is C18H21N2O+. The van der Waals surface area contributed by atoms with E-state index in [9.17, 15) is 4.79 Å². The van der Waals surface area contributed by atoms with Crippen LogP contribution in [0.5, 0.6) is 0 Å². The van der Waals surface area contributed by atoms with Gasteiger partial charge in [-0.25, -0.2) is 0 Å². The number of carbonyl (C=O) groups excluding carboxylic acids is 1. The molecule has 1 amide bonds. The summed E-state index contributed by atoms with van der Waals surface area (Å²) in [7, 11) is 0. The first-order chi connectivity index (χ1) is 10.3. The van der Waals surface area contributed by atoms with E-state index in [0.29, 0.717) is 13.1 Å². The van der Waals surface area contributed by atoms with Crippen molar-refractivity contribution in [2.45, 2.75) is 19.5 Å². The van der Waals surface area contributed by atoms with Gasteiger partial charge in [0.15, 0.2) is 6.54 Å². The molecule has 3 nitrogen and oxygen atoms in total. The van der Waals surface area contributed by atoms with Crippen LogP contribution in [0.2, 0.25) is 0 Å². The van der Waals surface area contributed by atoms with Crippen LogP contribution in [-0.2, 0) is 24.3 Å². The van der Waals surface area contributed by atoms with E-state index in [4.69, 9.17) is 0 Å². The average molecular weight is 281 g/mol. The lowest BCUT2D eigenvalue weighted by atomic mass is 10.00. The molecule has 0 aliphatic carbocycles. The van der Waals surface area contributed by atoms with Gasteiger partial charge in [0.25, 0.3) is 5.91 Å². The summed E-state index contributed by atoms with van der Waals surface area (Å²) in [6.07, 6.45) is 1.07. The summed E-state index contributed by atoms with van der Waals surface area (Å²) < 4.78 is 0. The summed E-state index contributed by atoms with van der Waals surface area (Å²) in [6.45, 7) is 3.16. The Labute approximate surface area is 125 Å². The number of quaternary nitrogens is 1. The lowest BCUT2D eigenvalue weighted by Gasteiger charge is -2.25. The Morgan fingerprint density at radius 3 is 2.52 bits per heavy atom. The van der Waals surface area contributed by atoms with Crippen LogP contribution in [0.3, 0.4) is 0 Å². The molecule has 0 bridgehead atoms. The summed E-state index contributed by atoms with van der Waals surface area (Å²) in [5.41, 5.74) is 3.96. The Balaban J connectivity index is 1.50. The van der Waals surface area contributed by atoms with Gasteiger partial charge in [0.05, 0.1) is 6.54 Å². The molecule has 21 heavy (non-hydrogen) atoms. The van der Waals surface area contributed by atoms with Crippen LogP contribution >= 0.6 is 0 Å². The smallest absolute Gasteiger partial charge is 0.275 e. The van der Waals surface area contributed by atoms with Gasteiger partial charge >= 0.3 is 0 Å². The van der Waals surface area contributed by atoms with Crippen LogP contribution in [0.4, 0.5) is 0 Å². The first-order valence-corrected chi connectivity index (χ1v) is 7.52. The highest BCUT2D eigenvalue weighted by molar-refractivity contribution is 5.76. The molecule has 1 heterocycles. The van der Waals surface area contributed by atoms with E-state index in [-0.39, 0.29) is 5.91 Å². The minimum absolute atomic E-state index is 0.133. The Kier molecular flexibility index (Phi) is 4.31. The second-order valence-electron chi connectivity index (χ2n) is 5.63. The normalized spacial score (nSPS) is 17.0. The zero-order valence-corrected chi connectivity index (χ0v) is 12.1. The highest BCUT2D eigenvalue weighted by Crippen LogP contribution is 2.10. The minimum atomic E-state index is 0.133. The number of hydrogen-bond acceptors (Lipinski definition) is 1. The molecule has 0 saturated heterocycles. The summed E-state index contributed by atoms with van der Waals surface area (Å²) in [5, 5.41) is 3.01. The predicted molar refractivity (Wildman–Crippen MR) is 82.8 cm³/mol. The van der Waals surface area contributed by atoms with Gasteiger partial charge in [0.1, 0.15) is 6.54 Å². The number of amides is 1. The molecule has 3 heteroatoms. The second kappa shape index (κ2) is 6.55. The van der Waals surface area contributed by atoms with Crippen molar-refractivity contribution in [3.05, 3.63) is 71.3 Å². The van der Waals surface area contributed by atoms with Crippen molar-refractivity contribution in [1.29, 1.82) is 0 Å². The topological polar surface area (TPSA) is 33.5 Å². The standard InChI is InChI=1S/C18H20N2O/c21-18(19-12-15-6-2-1-3-7-15)14-20-11-10-16-8-4-5-9-17(16)13-20/h1-9H,10-14H2,(H,19,21)/p+1. The number of hydrogen-bond donors (Lipinski definition) is 2. The maximum Gasteiger partial charge on any atom is 0.275 e. The zero-order valence-electron chi connectivity index (χ0n) is 12.1. The van der Waals surface area contributed by atoms with Gasteiger partial charge in [-0.2, -0.15) is 0 Å². The molecule has 0 aromatic heterocycles. The molecule has 2 N–H and O–H groups in total. The third kappa shape index (κ3) is 3.70. The van der Waals surface area contributed by atoms with E-state index in [1.165, 1.54) is 16.0 Å². The molecule has 0 spiro atoms. The van der Waals surface area contributed by atoms with Crippen LogP contribution in [0.1, 0.15) is 16.7 Å². The molecule has 1 aliphatic rings. The van der Waals surface area contributed by atoms with Crippen molar-refractivity contribution in [1.82, 2.24) is 5.32 Å². The molecule has 0 saturated carbocycles. The number of nitrogens with one attached hydrogen (secondary N) is 2. The van der Waals surface area contributed by atoms with Crippen LogP contribution in [0, 0.1) is 0 Å². The average Bonchev–Trinajstić information content (AvgIpc) is 2.54. The van der Waals surface area contributed by atoms with Crippen molar-refractivity contribution in [3.63, 3.8) is 0 Å². The molecule has 108 valence electrons. The van der Waals surface area contributed by atoms with Gasteiger partial charge in [0, 0.05) is 18.5 Å². The fraction of sp³-hybridized carbons (Fsp3) is 0.278. The van der Waals surface area contributed by atoms with Crippen LogP contribution in [-0.4, -0.2) is 19.0 Å². The van der Waals surface area contributed by atoms with E-state index in [1.807, 2.05) is 30.3 Å². The minimum Gasteiger partial charge on any atom is -0.347 e. The maximum absolute atomic E-state index is 12.1. The number of rotatable bonds is 4. The summed E-state index contributed by atoms with van der Waals surface area (Å²) in [5.74, 6) is 0.133. The SMILES string of the molecule is O=C(C[NH+]1CCc2ccccc2C1)NCc1ccccc1. The second-order valence-corrected chi connectivity index (χ2v) is 5.63. The fourth-order valence-corrected chi connectivity index (χ4v) is 2.88. The molecule has 2 aromatic carbocycles. The van der Waals surface area contributed by atoms with Crippen molar-refractivity contribution in [2.24, 2.45) is 0 Å². The quantitative estimate of drug-likeness (QED) is 0.859. The Bertz CT molecular complexity index is 610. The van der Waals surface area contributed by atoms with Gasteiger partial charge < -0.3 is 10.2 Å². The maximum atomic E-state index is 12.1. The van der Waals surface area contributed by atoms with E-state index in [0.717, 1.165) is 25.1 Å². The Hall–Kier alpha value is -2.13.